The third-order valence-electron chi connectivity index (χ3n) is 3.61. The van der Waals surface area contributed by atoms with E-state index in [1.807, 2.05) is 30.4 Å². The van der Waals surface area contributed by atoms with Crippen LogP contribution in [0.5, 0.6) is 0 Å². The minimum atomic E-state index is -0.303. The Kier molecular flexibility index (Phi) is 3.92. The van der Waals surface area contributed by atoms with E-state index < -0.39 is 0 Å². The fourth-order valence-corrected chi connectivity index (χ4v) is 2.56. The maximum Gasteiger partial charge on any atom is 0.227 e. The average molecular weight is 264 g/mol. The number of aryl methyl sites for hydroxylation is 1. The molecule has 0 fully saturated rings. The van der Waals surface area contributed by atoms with E-state index >= 15 is 0 Å². The van der Waals surface area contributed by atoms with Gasteiger partial charge in [0.1, 0.15) is 0 Å². The van der Waals surface area contributed by atoms with Crippen LogP contribution in [0, 0.1) is 5.41 Å². The summed E-state index contributed by atoms with van der Waals surface area (Å²) in [5.41, 5.74) is 2.02. The zero-order chi connectivity index (χ0) is 14.0. The Balaban J connectivity index is 2.12. The molecule has 1 aromatic heterocycles. The highest BCUT2D eigenvalue weighted by atomic mass is 16.2. The minimum Gasteiger partial charge on any atom is -0.342 e. The number of hydrogen-bond donors (Lipinski definition) is 0. The SMILES string of the molecule is CCn1nnc2c1CCCN(C(=O)C(C)(C)C)CC2. The zero-order valence-electron chi connectivity index (χ0n) is 12.4. The van der Waals surface area contributed by atoms with Gasteiger partial charge in [0.05, 0.1) is 11.4 Å². The highest BCUT2D eigenvalue weighted by Gasteiger charge is 2.28. The van der Waals surface area contributed by atoms with Crippen molar-refractivity contribution in [2.24, 2.45) is 5.41 Å². The van der Waals surface area contributed by atoms with Crippen LogP contribution in [0.2, 0.25) is 0 Å². The lowest BCUT2D eigenvalue weighted by Gasteiger charge is -2.30. The molecule has 5 nitrogen and oxygen atoms in total. The van der Waals surface area contributed by atoms with Crippen LogP contribution in [0.1, 0.15) is 45.5 Å². The molecule has 2 rings (SSSR count). The van der Waals surface area contributed by atoms with Crippen molar-refractivity contribution < 1.29 is 4.79 Å². The van der Waals surface area contributed by atoms with E-state index in [1.54, 1.807) is 0 Å². The number of carbonyl (C=O) groups excluding carboxylic acids is 1. The van der Waals surface area contributed by atoms with Crippen molar-refractivity contribution in [1.29, 1.82) is 0 Å². The lowest BCUT2D eigenvalue weighted by Crippen LogP contribution is -2.42. The number of rotatable bonds is 1. The molecule has 0 spiro atoms. The van der Waals surface area contributed by atoms with Gasteiger partial charge in [-0.3, -0.25) is 4.79 Å². The first-order chi connectivity index (χ1) is 8.93. The van der Waals surface area contributed by atoms with Crippen molar-refractivity contribution in [2.75, 3.05) is 13.1 Å². The van der Waals surface area contributed by atoms with Crippen molar-refractivity contribution in [3.63, 3.8) is 0 Å². The van der Waals surface area contributed by atoms with Gasteiger partial charge in [0.25, 0.3) is 0 Å². The molecule has 1 amide bonds. The first kappa shape index (κ1) is 14.0. The average Bonchev–Trinajstić information content (AvgIpc) is 2.69. The summed E-state index contributed by atoms with van der Waals surface area (Å²) in [6.45, 7) is 10.5. The summed E-state index contributed by atoms with van der Waals surface area (Å²) >= 11 is 0. The van der Waals surface area contributed by atoms with Crippen LogP contribution in [-0.4, -0.2) is 38.9 Å². The quantitative estimate of drug-likeness (QED) is 0.775. The molecule has 0 saturated heterocycles. The van der Waals surface area contributed by atoms with Crippen LogP contribution < -0.4 is 0 Å². The van der Waals surface area contributed by atoms with Crippen molar-refractivity contribution in [2.45, 2.75) is 53.5 Å². The zero-order valence-corrected chi connectivity index (χ0v) is 12.4. The maximum atomic E-state index is 12.3. The minimum absolute atomic E-state index is 0.235. The Morgan fingerprint density at radius 3 is 2.63 bits per heavy atom. The van der Waals surface area contributed by atoms with Gasteiger partial charge in [0.2, 0.25) is 5.91 Å². The number of fused-ring (bicyclic) bond motifs is 1. The molecule has 0 saturated carbocycles. The molecule has 0 aliphatic carbocycles. The number of nitrogens with zero attached hydrogens (tertiary/aromatic N) is 4. The monoisotopic (exact) mass is 264 g/mol. The van der Waals surface area contributed by atoms with Crippen LogP contribution in [0.25, 0.3) is 0 Å². The summed E-state index contributed by atoms with van der Waals surface area (Å²) in [5.74, 6) is 0.235. The predicted octanol–water partition coefficient (Wildman–Crippen LogP) is 1.66. The highest BCUT2D eigenvalue weighted by Crippen LogP contribution is 2.20. The summed E-state index contributed by atoms with van der Waals surface area (Å²) in [4.78, 5) is 14.3. The lowest BCUT2D eigenvalue weighted by molar-refractivity contribution is -0.139. The first-order valence-corrected chi connectivity index (χ1v) is 7.14. The molecule has 5 heteroatoms. The molecule has 0 atom stereocenters. The maximum absolute atomic E-state index is 12.3. The molecule has 1 aliphatic rings. The second-order valence-electron chi connectivity index (χ2n) is 6.19. The summed E-state index contributed by atoms with van der Waals surface area (Å²) in [5, 5.41) is 8.44. The Labute approximate surface area is 115 Å². The van der Waals surface area contributed by atoms with E-state index in [1.165, 1.54) is 5.69 Å². The molecule has 106 valence electrons. The molecule has 0 aromatic carbocycles. The Morgan fingerprint density at radius 1 is 1.26 bits per heavy atom. The Morgan fingerprint density at radius 2 is 2.00 bits per heavy atom. The summed E-state index contributed by atoms with van der Waals surface area (Å²) in [6, 6.07) is 0. The van der Waals surface area contributed by atoms with E-state index in [9.17, 15) is 4.79 Å². The van der Waals surface area contributed by atoms with Gasteiger partial charge < -0.3 is 4.90 Å². The van der Waals surface area contributed by atoms with Gasteiger partial charge >= 0.3 is 0 Å². The smallest absolute Gasteiger partial charge is 0.227 e. The Hall–Kier alpha value is -1.39. The van der Waals surface area contributed by atoms with E-state index in [2.05, 4.69) is 17.2 Å². The van der Waals surface area contributed by atoms with Crippen molar-refractivity contribution in [3.8, 4) is 0 Å². The molecule has 1 aromatic rings. The molecule has 0 bridgehead atoms. The molecule has 0 N–H and O–H groups in total. The summed E-state index contributed by atoms with van der Waals surface area (Å²) in [6.07, 6.45) is 2.77. The second-order valence-corrected chi connectivity index (χ2v) is 6.19. The second kappa shape index (κ2) is 5.31. The van der Waals surface area contributed by atoms with E-state index in [4.69, 9.17) is 0 Å². The molecular formula is C14H24N4O. The highest BCUT2D eigenvalue weighted by molar-refractivity contribution is 5.81. The molecule has 19 heavy (non-hydrogen) atoms. The lowest BCUT2D eigenvalue weighted by atomic mass is 9.94. The topological polar surface area (TPSA) is 51.0 Å². The van der Waals surface area contributed by atoms with Crippen LogP contribution in [0.3, 0.4) is 0 Å². The van der Waals surface area contributed by atoms with Crippen molar-refractivity contribution in [1.82, 2.24) is 19.9 Å². The van der Waals surface area contributed by atoms with Crippen LogP contribution in [0.15, 0.2) is 0 Å². The standard InChI is InChI=1S/C14H24N4O/c1-5-18-12-7-6-9-17(13(19)14(2,3)4)10-8-11(12)15-16-18/h5-10H2,1-4H3. The number of aromatic nitrogens is 3. The van der Waals surface area contributed by atoms with Gasteiger partial charge in [0.15, 0.2) is 0 Å². The van der Waals surface area contributed by atoms with Gasteiger partial charge in [-0.15, -0.1) is 5.10 Å². The summed E-state index contributed by atoms with van der Waals surface area (Å²) < 4.78 is 1.98. The van der Waals surface area contributed by atoms with Crippen LogP contribution >= 0.6 is 0 Å². The number of amides is 1. The molecule has 0 unspecified atom stereocenters. The molecule has 2 heterocycles. The fraction of sp³-hybridized carbons (Fsp3) is 0.786. The number of hydrogen-bond acceptors (Lipinski definition) is 3. The Bertz CT molecular complexity index is 459. The van der Waals surface area contributed by atoms with Gasteiger partial charge in [0, 0.05) is 31.5 Å². The van der Waals surface area contributed by atoms with Gasteiger partial charge in [-0.25, -0.2) is 4.68 Å². The van der Waals surface area contributed by atoms with Crippen LogP contribution in [-0.2, 0) is 24.2 Å². The van der Waals surface area contributed by atoms with Crippen molar-refractivity contribution >= 4 is 5.91 Å². The molecule has 1 aliphatic heterocycles. The number of carbonyl (C=O) groups is 1. The van der Waals surface area contributed by atoms with Gasteiger partial charge in [-0.05, 0) is 19.8 Å². The van der Waals surface area contributed by atoms with Crippen LogP contribution in [0.4, 0.5) is 0 Å². The van der Waals surface area contributed by atoms with E-state index in [0.29, 0.717) is 0 Å². The molecule has 0 radical (unpaired) electrons. The fourth-order valence-electron chi connectivity index (χ4n) is 2.56. The molecular weight excluding hydrogens is 240 g/mol. The summed E-state index contributed by atoms with van der Waals surface area (Å²) in [7, 11) is 0. The predicted molar refractivity (Wildman–Crippen MR) is 73.8 cm³/mol. The van der Waals surface area contributed by atoms with E-state index in [-0.39, 0.29) is 11.3 Å². The largest absolute Gasteiger partial charge is 0.342 e. The van der Waals surface area contributed by atoms with Gasteiger partial charge in [-0.1, -0.05) is 26.0 Å². The van der Waals surface area contributed by atoms with E-state index in [0.717, 1.165) is 44.6 Å². The first-order valence-electron chi connectivity index (χ1n) is 7.14. The van der Waals surface area contributed by atoms with Gasteiger partial charge in [-0.2, -0.15) is 0 Å². The third kappa shape index (κ3) is 2.96. The third-order valence-corrected chi connectivity index (χ3v) is 3.61. The van der Waals surface area contributed by atoms with Crippen molar-refractivity contribution in [3.05, 3.63) is 11.4 Å². The normalized spacial score (nSPS) is 16.7.